The molecule has 24 heavy (non-hydrogen) atoms. The van der Waals surface area contributed by atoms with Gasteiger partial charge in [-0.25, -0.2) is 4.98 Å². The molecule has 0 aliphatic rings. The van der Waals surface area contributed by atoms with E-state index >= 15 is 0 Å². The van der Waals surface area contributed by atoms with E-state index in [1.54, 1.807) is 7.11 Å². The Balaban J connectivity index is 1.94. The van der Waals surface area contributed by atoms with E-state index in [1.807, 2.05) is 30.3 Å². The van der Waals surface area contributed by atoms with Crippen LogP contribution in [-0.2, 0) is 0 Å². The molecule has 120 valence electrons. The Morgan fingerprint density at radius 2 is 1.75 bits per heavy atom. The van der Waals surface area contributed by atoms with Crippen LogP contribution in [0.3, 0.4) is 0 Å². The number of pyridine rings is 1. The Morgan fingerprint density at radius 3 is 2.54 bits per heavy atom. The van der Waals surface area contributed by atoms with E-state index < -0.39 is 0 Å². The fourth-order valence-corrected chi connectivity index (χ4v) is 2.88. The third-order valence-electron chi connectivity index (χ3n) is 4.40. The van der Waals surface area contributed by atoms with Crippen molar-refractivity contribution in [3.63, 3.8) is 0 Å². The number of ether oxygens (including phenoxy) is 1. The Bertz CT molecular complexity index is 1100. The van der Waals surface area contributed by atoms with Crippen molar-refractivity contribution in [1.29, 1.82) is 0 Å². The lowest BCUT2D eigenvalue weighted by molar-refractivity contribution is 0.415. The molecule has 4 rings (SSSR count). The molecular weight excluding hydrogens is 302 g/mol. The number of rotatable bonds is 2. The van der Waals surface area contributed by atoms with E-state index in [-0.39, 0.29) is 5.56 Å². The Hall–Kier alpha value is -3.08. The lowest BCUT2D eigenvalue weighted by Crippen LogP contribution is -2.09. The summed E-state index contributed by atoms with van der Waals surface area (Å²) in [6, 6.07) is 11.5. The molecule has 0 amide bonds. The summed E-state index contributed by atoms with van der Waals surface area (Å²) in [6.45, 7) is 4.11. The van der Waals surface area contributed by atoms with Crippen molar-refractivity contribution in [2.75, 3.05) is 7.11 Å². The van der Waals surface area contributed by atoms with Gasteiger partial charge >= 0.3 is 0 Å². The van der Waals surface area contributed by atoms with Gasteiger partial charge in [-0.2, -0.15) is 0 Å². The highest BCUT2D eigenvalue weighted by Gasteiger charge is 2.12. The average Bonchev–Trinajstić information content (AvgIpc) is 2.96. The Kier molecular flexibility index (Phi) is 3.16. The molecule has 0 aliphatic carbocycles. The summed E-state index contributed by atoms with van der Waals surface area (Å²) in [4.78, 5) is 23.2. The van der Waals surface area contributed by atoms with Crippen molar-refractivity contribution in [2.24, 2.45) is 0 Å². The highest BCUT2D eigenvalue weighted by molar-refractivity contribution is 5.86. The highest BCUT2D eigenvalue weighted by Crippen LogP contribution is 2.24. The predicted octanol–water partition coefficient (Wildman–Crippen LogP) is 3.70. The zero-order valence-electron chi connectivity index (χ0n) is 13.7. The van der Waals surface area contributed by atoms with Crippen LogP contribution in [0, 0.1) is 13.8 Å². The van der Waals surface area contributed by atoms with E-state index in [0.717, 1.165) is 27.7 Å². The second-order valence-corrected chi connectivity index (χ2v) is 6.00. The summed E-state index contributed by atoms with van der Waals surface area (Å²) < 4.78 is 5.26. The van der Waals surface area contributed by atoms with Crippen LogP contribution < -0.4 is 10.3 Å². The maximum Gasteiger partial charge on any atom is 0.259 e. The van der Waals surface area contributed by atoms with E-state index in [2.05, 4.69) is 34.9 Å². The SMILES string of the molecule is COc1ccc2[nH]c(=O)c(-c3nc4cc(C)c(C)cc4[nH]3)cc2c1. The number of imidazole rings is 1. The minimum Gasteiger partial charge on any atom is -0.497 e. The van der Waals surface area contributed by atoms with Crippen LogP contribution >= 0.6 is 0 Å². The van der Waals surface area contributed by atoms with Crippen LogP contribution in [0.25, 0.3) is 33.3 Å². The zero-order valence-corrected chi connectivity index (χ0v) is 13.7. The van der Waals surface area contributed by atoms with E-state index in [4.69, 9.17) is 4.74 Å². The molecule has 2 aromatic carbocycles. The first kappa shape index (κ1) is 14.5. The molecule has 0 atom stereocenters. The summed E-state index contributed by atoms with van der Waals surface area (Å²) in [6.07, 6.45) is 0. The molecule has 0 saturated heterocycles. The first-order valence-corrected chi connectivity index (χ1v) is 7.73. The molecule has 0 unspecified atom stereocenters. The number of nitrogens with zero attached hydrogens (tertiary/aromatic N) is 1. The standard InChI is InChI=1S/C19H17N3O2/c1-10-6-16-17(7-11(10)2)21-18(20-16)14-9-12-8-13(24-3)4-5-15(12)22-19(14)23/h4-9H,1-3H3,(H,20,21)(H,22,23). The van der Waals surface area contributed by atoms with Crippen LogP contribution in [0.4, 0.5) is 0 Å². The van der Waals surface area contributed by atoms with Gasteiger partial charge in [-0.3, -0.25) is 4.79 Å². The van der Waals surface area contributed by atoms with E-state index in [1.165, 1.54) is 11.1 Å². The van der Waals surface area contributed by atoms with Crippen molar-refractivity contribution in [2.45, 2.75) is 13.8 Å². The molecule has 0 aliphatic heterocycles. The molecule has 0 radical (unpaired) electrons. The fourth-order valence-electron chi connectivity index (χ4n) is 2.88. The third kappa shape index (κ3) is 2.25. The fraction of sp³-hybridized carbons (Fsp3) is 0.158. The lowest BCUT2D eigenvalue weighted by Gasteiger charge is -2.04. The van der Waals surface area contributed by atoms with Crippen molar-refractivity contribution in [3.8, 4) is 17.1 Å². The summed E-state index contributed by atoms with van der Waals surface area (Å²) >= 11 is 0. The number of nitrogens with one attached hydrogen (secondary N) is 2. The largest absolute Gasteiger partial charge is 0.497 e. The van der Waals surface area contributed by atoms with Crippen LogP contribution in [0.15, 0.2) is 41.2 Å². The van der Waals surface area contributed by atoms with Gasteiger partial charge in [0.05, 0.1) is 23.7 Å². The molecule has 2 aromatic heterocycles. The molecule has 0 fully saturated rings. The maximum absolute atomic E-state index is 12.5. The average molecular weight is 319 g/mol. The van der Waals surface area contributed by atoms with Crippen LogP contribution in [0.1, 0.15) is 11.1 Å². The predicted molar refractivity (Wildman–Crippen MR) is 95.7 cm³/mol. The molecular formula is C19H17N3O2. The number of aromatic nitrogens is 3. The van der Waals surface area contributed by atoms with Crippen LogP contribution in [0.2, 0.25) is 0 Å². The lowest BCUT2D eigenvalue weighted by atomic mass is 10.1. The number of benzene rings is 2. The maximum atomic E-state index is 12.5. The second-order valence-electron chi connectivity index (χ2n) is 6.00. The molecule has 0 saturated carbocycles. The monoisotopic (exact) mass is 319 g/mol. The van der Waals surface area contributed by atoms with Crippen molar-refractivity contribution in [1.82, 2.24) is 15.0 Å². The zero-order chi connectivity index (χ0) is 16.8. The first-order valence-electron chi connectivity index (χ1n) is 7.73. The van der Waals surface area contributed by atoms with Gasteiger partial charge in [0, 0.05) is 10.9 Å². The molecule has 5 nitrogen and oxygen atoms in total. The van der Waals surface area contributed by atoms with E-state index in [9.17, 15) is 4.79 Å². The molecule has 4 aromatic rings. The Labute approximate surface area is 138 Å². The number of aromatic amines is 2. The number of fused-ring (bicyclic) bond motifs is 2. The van der Waals surface area contributed by atoms with Gasteiger partial charge in [0.2, 0.25) is 0 Å². The number of hydrogen-bond acceptors (Lipinski definition) is 3. The van der Waals surface area contributed by atoms with Gasteiger partial charge in [-0.15, -0.1) is 0 Å². The topological polar surface area (TPSA) is 70.8 Å². The van der Waals surface area contributed by atoms with Crippen molar-refractivity contribution in [3.05, 3.63) is 57.9 Å². The summed E-state index contributed by atoms with van der Waals surface area (Å²) in [7, 11) is 1.62. The Morgan fingerprint density at radius 1 is 0.958 bits per heavy atom. The summed E-state index contributed by atoms with van der Waals surface area (Å²) in [5.74, 6) is 1.32. The molecule has 2 heterocycles. The number of hydrogen-bond donors (Lipinski definition) is 2. The minimum atomic E-state index is -0.167. The highest BCUT2D eigenvalue weighted by atomic mass is 16.5. The van der Waals surface area contributed by atoms with Crippen LogP contribution in [-0.4, -0.2) is 22.1 Å². The normalized spacial score (nSPS) is 11.3. The number of H-pyrrole nitrogens is 2. The minimum absolute atomic E-state index is 0.167. The smallest absolute Gasteiger partial charge is 0.259 e. The summed E-state index contributed by atoms with van der Waals surface area (Å²) in [5, 5.41) is 0.900. The van der Waals surface area contributed by atoms with Crippen LogP contribution in [0.5, 0.6) is 5.75 Å². The van der Waals surface area contributed by atoms with Gasteiger partial charge in [-0.1, -0.05) is 0 Å². The second kappa shape index (κ2) is 5.23. The van der Waals surface area contributed by atoms with Gasteiger partial charge in [0.15, 0.2) is 0 Å². The van der Waals surface area contributed by atoms with Gasteiger partial charge in [0.25, 0.3) is 5.56 Å². The van der Waals surface area contributed by atoms with Crippen molar-refractivity contribution < 1.29 is 4.74 Å². The van der Waals surface area contributed by atoms with Gasteiger partial charge in [-0.05, 0) is 61.4 Å². The molecule has 5 heteroatoms. The summed E-state index contributed by atoms with van der Waals surface area (Å²) in [5.41, 5.74) is 5.28. The van der Waals surface area contributed by atoms with Gasteiger partial charge < -0.3 is 14.7 Å². The van der Waals surface area contributed by atoms with E-state index in [0.29, 0.717) is 11.4 Å². The number of aryl methyl sites for hydroxylation is 2. The molecule has 0 bridgehead atoms. The van der Waals surface area contributed by atoms with Crippen molar-refractivity contribution >= 4 is 21.9 Å². The molecule has 2 N–H and O–H groups in total. The number of methoxy groups -OCH3 is 1. The quantitative estimate of drug-likeness (QED) is 0.592. The first-order chi connectivity index (χ1) is 11.5. The third-order valence-corrected chi connectivity index (χ3v) is 4.40. The van der Waals surface area contributed by atoms with Gasteiger partial charge in [0.1, 0.15) is 11.6 Å². The molecule has 0 spiro atoms.